The average Bonchev–Trinajstić information content (AvgIpc) is 2.37. The second kappa shape index (κ2) is 7.49. The molecule has 1 saturated heterocycles. The normalized spacial score (nSPS) is 31.9. The highest BCUT2D eigenvalue weighted by atomic mass is 35.5. The summed E-state index contributed by atoms with van der Waals surface area (Å²) in [7, 11) is -3.42. The van der Waals surface area contributed by atoms with Crippen LogP contribution >= 0.6 is 12.4 Å². The Balaban J connectivity index is 0.00000242. The quantitative estimate of drug-likeness (QED) is 0.807. The summed E-state index contributed by atoms with van der Waals surface area (Å²) >= 11 is 0. The van der Waals surface area contributed by atoms with Gasteiger partial charge in [0.05, 0.1) is 0 Å². The first kappa shape index (κ1) is 19.7. The molecule has 0 aromatic rings. The Bertz CT molecular complexity index is 479. The van der Waals surface area contributed by atoms with E-state index in [4.69, 9.17) is 0 Å². The summed E-state index contributed by atoms with van der Waals surface area (Å²) < 4.78 is 23.2. The number of hydrogen-bond acceptors (Lipinski definition) is 4. The predicted octanol–water partition coefficient (Wildman–Crippen LogP) is 1.52. The van der Waals surface area contributed by atoms with Crippen molar-refractivity contribution in [1.82, 2.24) is 10.6 Å². The van der Waals surface area contributed by atoms with Crippen LogP contribution in [0.25, 0.3) is 0 Å². The van der Waals surface area contributed by atoms with Gasteiger partial charge >= 0.3 is 0 Å². The first-order chi connectivity index (χ1) is 9.74. The van der Waals surface area contributed by atoms with Gasteiger partial charge in [-0.05, 0) is 57.0 Å². The highest BCUT2D eigenvalue weighted by molar-refractivity contribution is 7.92. The molecule has 0 spiro atoms. The topological polar surface area (TPSA) is 75.3 Å². The molecule has 2 rings (SSSR count). The summed E-state index contributed by atoms with van der Waals surface area (Å²) in [5, 5.41) is 6.19. The summed E-state index contributed by atoms with van der Waals surface area (Å²) in [5.41, 5.74) is 0. The van der Waals surface area contributed by atoms with Crippen LogP contribution in [-0.2, 0) is 14.6 Å². The number of hydrogen-bond donors (Lipinski definition) is 2. The van der Waals surface area contributed by atoms with E-state index in [-0.39, 0.29) is 24.4 Å². The van der Waals surface area contributed by atoms with Crippen LogP contribution < -0.4 is 10.6 Å². The molecule has 2 fully saturated rings. The minimum atomic E-state index is -3.42. The van der Waals surface area contributed by atoms with E-state index in [0.29, 0.717) is 37.8 Å². The summed E-state index contributed by atoms with van der Waals surface area (Å²) in [5.74, 6) is 0.889. The molecule has 2 aliphatic rings. The van der Waals surface area contributed by atoms with Crippen LogP contribution in [0.5, 0.6) is 0 Å². The van der Waals surface area contributed by atoms with Crippen LogP contribution in [0.3, 0.4) is 0 Å². The van der Waals surface area contributed by atoms with E-state index in [1.165, 1.54) is 12.7 Å². The van der Waals surface area contributed by atoms with Crippen LogP contribution in [0.2, 0.25) is 0 Å². The number of rotatable bonds is 3. The molecule has 1 aliphatic carbocycles. The SMILES string of the molecule is CC1CC(C)CC(NC(=O)C2(S(C)(=O)=O)CCNCC2)C1.Cl. The first-order valence-corrected chi connectivity index (χ1v) is 9.85. The van der Waals surface area contributed by atoms with E-state index in [9.17, 15) is 13.2 Å². The molecule has 7 heteroatoms. The van der Waals surface area contributed by atoms with Crippen LogP contribution in [0.1, 0.15) is 46.0 Å². The maximum Gasteiger partial charge on any atom is 0.241 e. The third-order valence-electron chi connectivity index (χ3n) is 5.05. The van der Waals surface area contributed by atoms with Gasteiger partial charge in [0.15, 0.2) is 14.6 Å². The standard InChI is InChI=1S/C15H28N2O3S.ClH/c1-11-8-12(2)10-13(9-11)17-14(18)15(21(3,19)20)4-6-16-7-5-15;/h11-13,16H,4-10H2,1-3H3,(H,17,18);1H. The molecule has 2 unspecified atom stereocenters. The molecule has 5 nitrogen and oxygen atoms in total. The monoisotopic (exact) mass is 352 g/mol. The lowest BCUT2D eigenvalue weighted by atomic mass is 9.80. The van der Waals surface area contributed by atoms with Crippen LogP contribution in [-0.4, -0.2) is 44.5 Å². The number of carbonyl (C=O) groups is 1. The van der Waals surface area contributed by atoms with Gasteiger partial charge in [0.1, 0.15) is 0 Å². The van der Waals surface area contributed by atoms with Gasteiger partial charge in [-0.15, -0.1) is 12.4 Å². The Labute approximate surface area is 140 Å². The smallest absolute Gasteiger partial charge is 0.241 e. The Kier molecular flexibility index (Phi) is 6.72. The van der Waals surface area contributed by atoms with Crippen LogP contribution in [0.15, 0.2) is 0 Å². The molecule has 1 aliphatic heterocycles. The van der Waals surface area contributed by atoms with Crippen molar-refractivity contribution in [3.05, 3.63) is 0 Å². The lowest BCUT2D eigenvalue weighted by Crippen LogP contribution is -2.59. The maximum atomic E-state index is 12.7. The Morgan fingerprint density at radius 1 is 1.09 bits per heavy atom. The third kappa shape index (κ3) is 4.15. The van der Waals surface area contributed by atoms with Gasteiger partial charge in [0.25, 0.3) is 0 Å². The Morgan fingerprint density at radius 3 is 2.05 bits per heavy atom. The highest BCUT2D eigenvalue weighted by Gasteiger charge is 2.49. The fourth-order valence-corrected chi connectivity index (χ4v) is 5.32. The molecule has 1 amide bonds. The molecule has 22 heavy (non-hydrogen) atoms. The van der Waals surface area contributed by atoms with Gasteiger partial charge in [0.2, 0.25) is 5.91 Å². The van der Waals surface area contributed by atoms with Crippen molar-refractivity contribution in [3.63, 3.8) is 0 Å². The van der Waals surface area contributed by atoms with Gasteiger partial charge in [-0.3, -0.25) is 4.79 Å². The zero-order valence-electron chi connectivity index (χ0n) is 13.7. The molecule has 0 bridgehead atoms. The summed E-state index contributed by atoms with van der Waals surface area (Å²) in [4.78, 5) is 12.7. The molecule has 2 N–H and O–H groups in total. The van der Waals surface area contributed by atoms with E-state index in [0.717, 1.165) is 12.8 Å². The minimum absolute atomic E-state index is 0. The molecule has 0 aromatic carbocycles. The molecular formula is C15H29ClN2O3S. The van der Waals surface area contributed by atoms with Gasteiger partial charge in [-0.2, -0.15) is 0 Å². The summed E-state index contributed by atoms with van der Waals surface area (Å²) in [6.45, 7) is 5.56. The molecule has 130 valence electrons. The number of piperidine rings is 1. The summed E-state index contributed by atoms with van der Waals surface area (Å²) in [6.07, 6.45) is 5.03. The lowest BCUT2D eigenvalue weighted by Gasteiger charge is -2.38. The Hall–Kier alpha value is -0.330. The van der Waals surface area contributed by atoms with E-state index < -0.39 is 14.6 Å². The van der Waals surface area contributed by atoms with E-state index in [1.54, 1.807) is 0 Å². The molecule has 0 radical (unpaired) electrons. The number of halogens is 1. The zero-order chi connectivity index (χ0) is 15.7. The fraction of sp³-hybridized carbons (Fsp3) is 0.933. The van der Waals surface area contributed by atoms with Crippen molar-refractivity contribution in [3.8, 4) is 0 Å². The maximum absolute atomic E-state index is 12.7. The van der Waals surface area contributed by atoms with Crippen LogP contribution in [0.4, 0.5) is 0 Å². The molecule has 1 heterocycles. The number of nitrogens with one attached hydrogen (secondary N) is 2. The fourth-order valence-electron chi connectivity index (χ4n) is 3.98. The second-order valence-electron chi connectivity index (χ2n) is 7.10. The number of amides is 1. The van der Waals surface area contributed by atoms with Crippen molar-refractivity contribution < 1.29 is 13.2 Å². The van der Waals surface area contributed by atoms with Crippen molar-refractivity contribution >= 4 is 28.2 Å². The summed E-state index contributed by atoms with van der Waals surface area (Å²) in [6, 6.07) is 0.116. The van der Waals surface area contributed by atoms with Gasteiger partial charge in [-0.1, -0.05) is 13.8 Å². The van der Waals surface area contributed by atoms with Crippen molar-refractivity contribution in [1.29, 1.82) is 0 Å². The lowest BCUT2D eigenvalue weighted by molar-refractivity contribution is -0.125. The number of sulfone groups is 1. The number of carbonyl (C=O) groups excluding carboxylic acids is 1. The van der Waals surface area contributed by atoms with Crippen molar-refractivity contribution in [2.75, 3.05) is 19.3 Å². The molecule has 0 aromatic heterocycles. The molecule has 2 atom stereocenters. The Morgan fingerprint density at radius 2 is 1.59 bits per heavy atom. The molecular weight excluding hydrogens is 324 g/mol. The first-order valence-electron chi connectivity index (χ1n) is 7.96. The van der Waals surface area contributed by atoms with Gasteiger partial charge < -0.3 is 10.6 Å². The van der Waals surface area contributed by atoms with Crippen molar-refractivity contribution in [2.45, 2.75) is 56.7 Å². The van der Waals surface area contributed by atoms with Gasteiger partial charge in [-0.25, -0.2) is 8.42 Å². The molecule has 1 saturated carbocycles. The second-order valence-corrected chi connectivity index (χ2v) is 9.43. The zero-order valence-corrected chi connectivity index (χ0v) is 15.4. The highest BCUT2D eigenvalue weighted by Crippen LogP contribution is 2.31. The average molecular weight is 353 g/mol. The van der Waals surface area contributed by atoms with Crippen LogP contribution in [0, 0.1) is 11.8 Å². The van der Waals surface area contributed by atoms with E-state index in [2.05, 4.69) is 24.5 Å². The largest absolute Gasteiger partial charge is 0.352 e. The van der Waals surface area contributed by atoms with Crippen molar-refractivity contribution in [2.24, 2.45) is 11.8 Å². The van der Waals surface area contributed by atoms with Gasteiger partial charge in [0, 0.05) is 12.3 Å². The van der Waals surface area contributed by atoms with E-state index >= 15 is 0 Å². The third-order valence-corrected chi connectivity index (χ3v) is 7.06. The minimum Gasteiger partial charge on any atom is -0.352 e. The predicted molar refractivity (Wildman–Crippen MR) is 91.0 cm³/mol. The van der Waals surface area contributed by atoms with E-state index in [1.807, 2.05) is 0 Å².